The molecule has 0 fully saturated rings. The number of benzene rings is 1. The standard InChI is InChI=1S/C16H15Cl2N3O2S/c1-3-4-11-9(2)19-16(21-15(11)23)24-8-14(22)20-10-5-6-12(17)13(18)7-10/h3,5-7H,1,4,8H2,2H3,(H,20,22)(H,19,21,23). The van der Waals surface area contributed by atoms with E-state index in [1.165, 1.54) is 0 Å². The maximum absolute atomic E-state index is 12.0. The number of aromatic nitrogens is 2. The van der Waals surface area contributed by atoms with Crippen LogP contribution in [-0.4, -0.2) is 21.6 Å². The third kappa shape index (κ3) is 4.87. The van der Waals surface area contributed by atoms with Crippen LogP contribution >= 0.6 is 35.0 Å². The van der Waals surface area contributed by atoms with Crippen molar-refractivity contribution in [1.82, 2.24) is 9.97 Å². The van der Waals surface area contributed by atoms with Crippen molar-refractivity contribution >= 4 is 46.6 Å². The molecule has 1 aromatic carbocycles. The fraction of sp³-hybridized carbons (Fsp3) is 0.188. The molecule has 2 N–H and O–H groups in total. The number of hydrogen-bond donors (Lipinski definition) is 2. The monoisotopic (exact) mass is 383 g/mol. The number of thioether (sulfide) groups is 1. The Balaban J connectivity index is 2.00. The molecular formula is C16H15Cl2N3O2S. The van der Waals surface area contributed by atoms with Crippen LogP contribution in [0.25, 0.3) is 0 Å². The summed E-state index contributed by atoms with van der Waals surface area (Å²) in [6.45, 7) is 5.37. The molecular weight excluding hydrogens is 369 g/mol. The van der Waals surface area contributed by atoms with E-state index in [-0.39, 0.29) is 17.2 Å². The second-order valence-electron chi connectivity index (χ2n) is 4.89. The summed E-state index contributed by atoms with van der Waals surface area (Å²) in [6.07, 6.45) is 2.10. The van der Waals surface area contributed by atoms with Gasteiger partial charge in [0.2, 0.25) is 5.91 Å². The van der Waals surface area contributed by atoms with Gasteiger partial charge in [-0.2, -0.15) is 0 Å². The van der Waals surface area contributed by atoms with E-state index in [9.17, 15) is 9.59 Å². The van der Waals surface area contributed by atoms with E-state index in [4.69, 9.17) is 23.2 Å². The lowest BCUT2D eigenvalue weighted by Gasteiger charge is -2.07. The second-order valence-corrected chi connectivity index (χ2v) is 6.67. The third-order valence-electron chi connectivity index (χ3n) is 3.09. The number of anilines is 1. The van der Waals surface area contributed by atoms with E-state index in [0.717, 1.165) is 11.8 Å². The molecule has 0 radical (unpaired) electrons. The highest BCUT2D eigenvalue weighted by Crippen LogP contribution is 2.25. The molecule has 0 bridgehead atoms. The zero-order valence-corrected chi connectivity index (χ0v) is 15.2. The number of halogens is 2. The molecule has 8 heteroatoms. The zero-order chi connectivity index (χ0) is 17.7. The van der Waals surface area contributed by atoms with Gasteiger partial charge >= 0.3 is 0 Å². The molecule has 1 aromatic heterocycles. The van der Waals surface area contributed by atoms with Crippen molar-refractivity contribution in [3.63, 3.8) is 0 Å². The van der Waals surface area contributed by atoms with Gasteiger partial charge in [0.05, 0.1) is 15.8 Å². The van der Waals surface area contributed by atoms with Crippen LogP contribution in [0.1, 0.15) is 11.3 Å². The Labute approximate surface area is 153 Å². The van der Waals surface area contributed by atoms with E-state index in [2.05, 4.69) is 21.9 Å². The summed E-state index contributed by atoms with van der Waals surface area (Å²) >= 11 is 12.9. The van der Waals surface area contributed by atoms with Crippen molar-refractivity contribution in [1.29, 1.82) is 0 Å². The first-order valence-corrected chi connectivity index (χ1v) is 8.73. The van der Waals surface area contributed by atoms with Crippen LogP contribution in [0.15, 0.2) is 40.8 Å². The molecule has 5 nitrogen and oxygen atoms in total. The molecule has 126 valence electrons. The van der Waals surface area contributed by atoms with Crippen LogP contribution in [-0.2, 0) is 11.2 Å². The normalized spacial score (nSPS) is 10.5. The number of nitrogens with one attached hydrogen (secondary N) is 2. The SMILES string of the molecule is C=CCc1c(C)nc(SCC(=O)Nc2ccc(Cl)c(Cl)c2)[nH]c1=O. The van der Waals surface area contributed by atoms with Crippen LogP contribution in [0.5, 0.6) is 0 Å². The minimum absolute atomic E-state index is 0.101. The van der Waals surface area contributed by atoms with Crippen LogP contribution < -0.4 is 10.9 Å². The molecule has 0 spiro atoms. The van der Waals surface area contributed by atoms with Crippen molar-refractivity contribution in [2.45, 2.75) is 18.5 Å². The molecule has 0 aliphatic rings. The predicted octanol–water partition coefficient (Wildman–Crippen LogP) is 3.84. The lowest BCUT2D eigenvalue weighted by atomic mass is 10.2. The molecule has 2 rings (SSSR count). The summed E-state index contributed by atoms with van der Waals surface area (Å²) in [5.41, 5.74) is 1.55. The maximum atomic E-state index is 12.0. The van der Waals surface area contributed by atoms with Crippen LogP contribution in [0, 0.1) is 6.92 Å². The number of aromatic amines is 1. The smallest absolute Gasteiger partial charge is 0.255 e. The highest BCUT2D eigenvalue weighted by atomic mass is 35.5. The van der Waals surface area contributed by atoms with Crippen molar-refractivity contribution in [3.8, 4) is 0 Å². The largest absolute Gasteiger partial charge is 0.325 e. The summed E-state index contributed by atoms with van der Waals surface area (Å²) in [7, 11) is 0. The van der Waals surface area contributed by atoms with Gasteiger partial charge in [-0.05, 0) is 31.5 Å². The van der Waals surface area contributed by atoms with Gasteiger partial charge in [0, 0.05) is 16.9 Å². The summed E-state index contributed by atoms with van der Waals surface area (Å²) in [6, 6.07) is 4.83. The predicted molar refractivity (Wildman–Crippen MR) is 99.3 cm³/mol. The zero-order valence-electron chi connectivity index (χ0n) is 12.9. The Morgan fingerprint density at radius 3 is 2.79 bits per heavy atom. The van der Waals surface area contributed by atoms with Gasteiger partial charge in [0.15, 0.2) is 5.16 Å². The van der Waals surface area contributed by atoms with Gasteiger partial charge in [-0.1, -0.05) is 41.0 Å². The molecule has 24 heavy (non-hydrogen) atoms. The van der Waals surface area contributed by atoms with Gasteiger partial charge in [-0.15, -0.1) is 6.58 Å². The second kappa shape index (κ2) is 8.37. The lowest BCUT2D eigenvalue weighted by molar-refractivity contribution is -0.113. The van der Waals surface area contributed by atoms with Crippen LogP contribution in [0.2, 0.25) is 10.0 Å². The first-order valence-electron chi connectivity index (χ1n) is 6.99. The highest BCUT2D eigenvalue weighted by Gasteiger charge is 2.10. The van der Waals surface area contributed by atoms with Crippen LogP contribution in [0.4, 0.5) is 5.69 Å². The van der Waals surface area contributed by atoms with Gasteiger partial charge in [-0.3, -0.25) is 9.59 Å². The summed E-state index contributed by atoms with van der Waals surface area (Å²) < 4.78 is 0. The molecule has 2 aromatic rings. The molecule has 0 aliphatic heterocycles. The highest BCUT2D eigenvalue weighted by molar-refractivity contribution is 7.99. The number of carbonyl (C=O) groups is 1. The quantitative estimate of drug-likeness (QED) is 0.451. The molecule has 1 amide bonds. The summed E-state index contributed by atoms with van der Waals surface area (Å²) in [5.74, 6) is -0.141. The Kier molecular flexibility index (Phi) is 6.48. The van der Waals surface area contributed by atoms with E-state index >= 15 is 0 Å². The fourth-order valence-corrected chi connectivity index (χ4v) is 2.95. The van der Waals surface area contributed by atoms with Crippen molar-refractivity contribution < 1.29 is 4.79 Å². The minimum atomic E-state index is -0.242. The van der Waals surface area contributed by atoms with E-state index in [1.807, 2.05) is 0 Å². The number of amides is 1. The molecule has 0 unspecified atom stereocenters. The fourth-order valence-electron chi connectivity index (χ4n) is 1.94. The number of carbonyl (C=O) groups excluding carboxylic acids is 1. The molecule has 0 saturated heterocycles. The Morgan fingerprint density at radius 1 is 1.42 bits per heavy atom. The van der Waals surface area contributed by atoms with Crippen molar-refractivity contribution in [2.24, 2.45) is 0 Å². The lowest BCUT2D eigenvalue weighted by Crippen LogP contribution is -2.18. The number of rotatable bonds is 6. The van der Waals surface area contributed by atoms with Crippen molar-refractivity contribution in [2.75, 3.05) is 11.1 Å². The molecule has 0 aliphatic carbocycles. The van der Waals surface area contributed by atoms with Crippen LogP contribution in [0.3, 0.4) is 0 Å². The Hall–Kier alpha value is -1.76. The van der Waals surface area contributed by atoms with Gasteiger partial charge in [0.1, 0.15) is 0 Å². The minimum Gasteiger partial charge on any atom is -0.325 e. The summed E-state index contributed by atoms with van der Waals surface area (Å²) in [5, 5.41) is 3.88. The average Bonchev–Trinajstić information content (AvgIpc) is 2.52. The summed E-state index contributed by atoms with van der Waals surface area (Å²) in [4.78, 5) is 30.9. The topological polar surface area (TPSA) is 74.8 Å². The van der Waals surface area contributed by atoms with Gasteiger partial charge in [0.25, 0.3) is 5.56 Å². The van der Waals surface area contributed by atoms with Crippen molar-refractivity contribution in [3.05, 3.63) is 62.5 Å². The van der Waals surface area contributed by atoms with E-state index < -0.39 is 0 Å². The number of allylic oxidation sites excluding steroid dienone is 1. The first-order chi connectivity index (χ1) is 11.4. The number of nitrogens with zero attached hydrogens (tertiary/aromatic N) is 1. The molecule has 1 heterocycles. The number of H-pyrrole nitrogens is 1. The Morgan fingerprint density at radius 2 is 2.17 bits per heavy atom. The number of hydrogen-bond acceptors (Lipinski definition) is 4. The molecule has 0 atom stereocenters. The van der Waals surface area contributed by atoms with Gasteiger partial charge in [-0.25, -0.2) is 4.98 Å². The maximum Gasteiger partial charge on any atom is 0.255 e. The number of aryl methyl sites for hydroxylation is 1. The van der Waals surface area contributed by atoms with E-state index in [0.29, 0.717) is 38.6 Å². The Bertz CT molecular complexity index is 837. The average molecular weight is 384 g/mol. The van der Waals surface area contributed by atoms with Gasteiger partial charge < -0.3 is 10.3 Å². The first kappa shape index (κ1) is 18.6. The third-order valence-corrected chi connectivity index (χ3v) is 4.70. The van der Waals surface area contributed by atoms with E-state index in [1.54, 1.807) is 31.2 Å². The molecule has 0 saturated carbocycles.